The molecule has 1 saturated heterocycles. The molecule has 1 heterocycles. The SMILES string of the molecule is CCNCc1cccc(F)c1N1CCC(C(C)O)C1. The monoisotopic (exact) mass is 266 g/mol. The number of halogens is 1. The molecule has 0 spiro atoms. The Bertz CT molecular complexity index is 423. The zero-order valence-corrected chi connectivity index (χ0v) is 11.7. The van der Waals surface area contributed by atoms with E-state index in [4.69, 9.17) is 0 Å². The summed E-state index contributed by atoms with van der Waals surface area (Å²) in [6, 6.07) is 5.24. The summed E-state index contributed by atoms with van der Waals surface area (Å²) in [6.07, 6.45) is 0.598. The fourth-order valence-electron chi connectivity index (χ4n) is 2.70. The lowest BCUT2D eigenvalue weighted by atomic mass is 10.0. The third-order valence-electron chi connectivity index (χ3n) is 3.86. The van der Waals surface area contributed by atoms with Crippen molar-refractivity contribution in [2.24, 2.45) is 5.92 Å². The molecule has 1 aliphatic rings. The molecule has 3 nitrogen and oxygen atoms in total. The minimum atomic E-state index is -0.325. The maximum Gasteiger partial charge on any atom is 0.146 e. The van der Waals surface area contributed by atoms with Crippen molar-refractivity contribution in [3.63, 3.8) is 0 Å². The van der Waals surface area contributed by atoms with Crippen LogP contribution in [-0.2, 0) is 6.54 Å². The van der Waals surface area contributed by atoms with Crippen LogP contribution in [-0.4, -0.2) is 30.8 Å². The molecule has 1 aromatic carbocycles. The lowest BCUT2D eigenvalue weighted by Gasteiger charge is -2.23. The van der Waals surface area contributed by atoms with E-state index in [0.717, 1.165) is 31.6 Å². The van der Waals surface area contributed by atoms with Crippen molar-refractivity contribution < 1.29 is 9.50 Å². The zero-order valence-electron chi connectivity index (χ0n) is 11.7. The van der Waals surface area contributed by atoms with E-state index in [0.29, 0.717) is 12.2 Å². The van der Waals surface area contributed by atoms with Gasteiger partial charge in [-0.15, -0.1) is 0 Å². The van der Waals surface area contributed by atoms with Crippen LogP contribution in [0.15, 0.2) is 18.2 Å². The molecular formula is C15H23FN2O. The average molecular weight is 266 g/mol. The molecule has 2 rings (SSSR count). The van der Waals surface area contributed by atoms with Crippen LogP contribution in [0.25, 0.3) is 0 Å². The number of aliphatic hydroxyl groups is 1. The Morgan fingerprint density at radius 1 is 1.53 bits per heavy atom. The summed E-state index contributed by atoms with van der Waals surface area (Å²) >= 11 is 0. The number of hydrogen-bond donors (Lipinski definition) is 2. The van der Waals surface area contributed by atoms with Gasteiger partial charge in [0, 0.05) is 25.6 Å². The number of para-hydroxylation sites is 1. The fraction of sp³-hybridized carbons (Fsp3) is 0.600. The van der Waals surface area contributed by atoms with Gasteiger partial charge in [-0.1, -0.05) is 19.1 Å². The molecule has 0 aliphatic carbocycles. The summed E-state index contributed by atoms with van der Waals surface area (Å²) in [5, 5.41) is 12.9. The Morgan fingerprint density at radius 3 is 2.95 bits per heavy atom. The van der Waals surface area contributed by atoms with Gasteiger partial charge in [-0.25, -0.2) is 4.39 Å². The Morgan fingerprint density at radius 2 is 2.32 bits per heavy atom. The third kappa shape index (κ3) is 3.25. The van der Waals surface area contributed by atoms with E-state index in [1.807, 2.05) is 19.9 Å². The van der Waals surface area contributed by atoms with Crippen molar-refractivity contribution >= 4 is 5.69 Å². The van der Waals surface area contributed by atoms with Crippen LogP contribution in [0.4, 0.5) is 10.1 Å². The number of rotatable bonds is 5. The number of nitrogens with zero attached hydrogens (tertiary/aromatic N) is 1. The second-order valence-electron chi connectivity index (χ2n) is 5.26. The molecule has 0 saturated carbocycles. The van der Waals surface area contributed by atoms with Gasteiger partial charge in [0.15, 0.2) is 0 Å². The molecule has 106 valence electrons. The van der Waals surface area contributed by atoms with Crippen molar-refractivity contribution in [3.8, 4) is 0 Å². The van der Waals surface area contributed by atoms with Gasteiger partial charge >= 0.3 is 0 Å². The van der Waals surface area contributed by atoms with E-state index in [9.17, 15) is 9.50 Å². The maximum absolute atomic E-state index is 14.1. The van der Waals surface area contributed by atoms with Crippen LogP contribution in [0.5, 0.6) is 0 Å². The second kappa shape index (κ2) is 6.35. The third-order valence-corrected chi connectivity index (χ3v) is 3.86. The first kappa shape index (κ1) is 14.3. The van der Waals surface area contributed by atoms with E-state index >= 15 is 0 Å². The Hall–Kier alpha value is -1.13. The highest BCUT2D eigenvalue weighted by Gasteiger charge is 2.28. The first-order chi connectivity index (χ1) is 9.13. The number of anilines is 1. The average Bonchev–Trinajstić information content (AvgIpc) is 2.85. The number of nitrogens with one attached hydrogen (secondary N) is 1. The molecule has 4 heteroatoms. The quantitative estimate of drug-likeness (QED) is 0.857. The lowest BCUT2D eigenvalue weighted by Crippen LogP contribution is -2.26. The van der Waals surface area contributed by atoms with Crippen LogP contribution in [0.2, 0.25) is 0 Å². The summed E-state index contributed by atoms with van der Waals surface area (Å²) in [5.74, 6) is 0.0771. The topological polar surface area (TPSA) is 35.5 Å². The largest absolute Gasteiger partial charge is 0.393 e. The first-order valence-corrected chi connectivity index (χ1v) is 7.04. The molecular weight excluding hydrogens is 243 g/mol. The molecule has 19 heavy (non-hydrogen) atoms. The van der Waals surface area contributed by atoms with Crippen LogP contribution >= 0.6 is 0 Å². The molecule has 0 radical (unpaired) electrons. The van der Waals surface area contributed by atoms with Gasteiger partial charge in [-0.2, -0.15) is 0 Å². The molecule has 2 N–H and O–H groups in total. The van der Waals surface area contributed by atoms with E-state index in [2.05, 4.69) is 10.2 Å². The van der Waals surface area contributed by atoms with Crippen molar-refractivity contribution in [1.82, 2.24) is 5.32 Å². The van der Waals surface area contributed by atoms with Crippen LogP contribution in [0, 0.1) is 11.7 Å². The van der Waals surface area contributed by atoms with Gasteiger partial charge in [0.1, 0.15) is 5.82 Å². The molecule has 0 aromatic heterocycles. The Kier molecular flexibility index (Phi) is 4.77. The van der Waals surface area contributed by atoms with Crippen LogP contribution < -0.4 is 10.2 Å². The van der Waals surface area contributed by atoms with Crippen molar-refractivity contribution in [2.75, 3.05) is 24.5 Å². The second-order valence-corrected chi connectivity index (χ2v) is 5.26. The van der Waals surface area contributed by atoms with Crippen LogP contribution in [0.3, 0.4) is 0 Å². The number of hydrogen-bond acceptors (Lipinski definition) is 3. The van der Waals surface area contributed by atoms with Gasteiger partial charge in [-0.05, 0) is 31.5 Å². The molecule has 2 atom stereocenters. The van der Waals surface area contributed by atoms with E-state index in [-0.39, 0.29) is 17.8 Å². The zero-order chi connectivity index (χ0) is 13.8. The van der Waals surface area contributed by atoms with Crippen LogP contribution in [0.1, 0.15) is 25.8 Å². The summed E-state index contributed by atoms with van der Waals surface area (Å²) in [5.41, 5.74) is 1.69. The normalized spacial score (nSPS) is 20.8. The van der Waals surface area contributed by atoms with E-state index in [1.165, 1.54) is 6.07 Å². The molecule has 0 amide bonds. The highest BCUT2D eigenvalue weighted by molar-refractivity contribution is 5.55. The Balaban J connectivity index is 2.19. The number of aliphatic hydroxyl groups excluding tert-OH is 1. The van der Waals surface area contributed by atoms with Crippen molar-refractivity contribution in [2.45, 2.75) is 32.9 Å². The van der Waals surface area contributed by atoms with Gasteiger partial charge in [0.2, 0.25) is 0 Å². The summed E-state index contributed by atoms with van der Waals surface area (Å²) < 4.78 is 14.1. The highest BCUT2D eigenvalue weighted by atomic mass is 19.1. The highest BCUT2D eigenvalue weighted by Crippen LogP contribution is 2.30. The molecule has 0 bridgehead atoms. The van der Waals surface area contributed by atoms with Gasteiger partial charge in [0.25, 0.3) is 0 Å². The van der Waals surface area contributed by atoms with Gasteiger partial charge < -0.3 is 15.3 Å². The lowest BCUT2D eigenvalue weighted by molar-refractivity contribution is 0.136. The Labute approximate surface area is 114 Å². The van der Waals surface area contributed by atoms with Gasteiger partial charge in [0.05, 0.1) is 11.8 Å². The van der Waals surface area contributed by atoms with E-state index in [1.54, 1.807) is 6.07 Å². The van der Waals surface area contributed by atoms with Gasteiger partial charge in [-0.3, -0.25) is 0 Å². The molecule has 2 unspecified atom stereocenters. The molecule has 1 fully saturated rings. The standard InChI is InChI=1S/C15H23FN2O/c1-3-17-9-12-5-4-6-14(16)15(12)18-8-7-13(10-18)11(2)19/h4-6,11,13,17,19H,3,7-10H2,1-2H3. The van der Waals surface area contributed by atoms with Crippen molar-refractivity contribution in [3.05, 3.63) is 29.6 Å². The maximum atomic E-state index is 14.1. The summed E-state index contributed by atoms with van der Waals surface area (Å²) in [6.45, 7) is 6.95. The minimum absolute atomic E-state index is 0.165. The number of benzene rings is 1. The summed E-state index contributed by atoms with van der Waals surface area (Å²) in [4.78, 5) is 2.07. The minimum Gasteiger partial charge on any atom is -0.393 e. The van der Waals surface area contributed by atoms with Crippen molar-refractivity contribution in [1.29, 1.82) is 0 Å². The predicted octanol–water partition coefficient (Wildman–Crippen LogP) is 2.14. The molecule has 1 aromatic rings. The predicted molar refractivity (Wildman–Crippen MR) is 75.8 cm³/mol. The fourth-order valence-corrected chi connectivity index (χ4v) is 2.70. The van der Waals surface area contributed by atoms with E-state index < -0.39 is 0 Å². The smallest absolute Gasteiger partial charge is 0.146 e. The first-order valence-electron chi connectivity index (χ1n) is 7.04. The molecule has 1 aliphatic heterocycles. The summed E-state index contributed by atoms with van der Waals surface area (Å²) in [7, 11) is 0.